The molecular formula is C66H125NO3. The lowest BCUT2D eigenvalue weighted by Gasteiger charge is -2.19. The quantitative estimate of drug-likeness (QED) is 0.0420. The molecule has 0 fully saturated rings. The predicted molar refractivity (Wildman–Crippen MR) is 313 cm³/mol. The zero-order chi connectivity index (χ0) is 50.6. The lowest BCUT2D eigenvalue weighted by atomic mass is 10.0. The second-order valence-electron chi connectivity index (χ2n) is 21.8. The van der Waals surface area contributed by atoms with Gasteiger partial charge in [0, 0.05) is 6.42 Å². The fraction of sp³-hybridized carbons (Fsp3) is 0.864. The highest BCUT2D eigenvalue weighted by molar-refractivity contribution is 5.76. The molecule has 2 unspecified atom stereocenters. The topological polar surface area (TPSA) is 69.6 Å². The van der Waals surface area contributed by atoms with Gasteiger partial charge in [-0.15, -0.1) is 0 Å². The van der Waals surface area contributed by atoms with Crippen molar-refractivity contribution in [3.8, 4) is 0 Å². The number of amides is 1. The molecule has 0 aliphatic carbocycles. The van der Waals surface area contributed by atoms with Crippen molar-refractivity contribution in [3.05, 3.63) is 48.6 Å². The molecule has 0 rings (SSSR count). The molecule has 4 nitrogen and oxygen atoms in total. The van der Waals surface area contributed by atoms with E-state index in [-0.39, 0.29) is 12.5 Å². The number of aliphatic hydroxyl groups is 2. The van der Waals surface area contributed by atoms with Crippen molar-refractivity contribution in [2.24, 2.45) is 0 Å². The van der Waals surface area contributed by atoms with Crippen molar-refractivity contribution >= 4 is 5.91 Å². The summed E-state index contributed by atoms with van der Waals surface area (Å²) >= 11 is 0. The van der Waals surface area contributed by atoms with Gasteiger partial charge in [0.1, 0.15) is 0 Å². The summed E-state index contributed by atoms with van der Waals surface area (Å²) in [5.74, 6) is -0.0730. The van der Waals surface area contributed by atoms with E-state index in [0.29, 0.717) is 6.42 Å². The van der Waals surface area contributed by atoms with Crippen molar-refractivity contribution in [3.63, 3.8) is 0 Å². The third-order valence-corrected chi connectivity index (χ3v) is 14.8. The number of nitrogens with one attached hydrogen (secondary N) is 1. The van der Waals surface area contributed by atoms with Crippen LogP contribution in [0.4, 0.5) is 0 Å². The van der Waals surface area contributed by atoms with E-state index in [1.54, 1.807) is 6.08 Å². The molecule has 0 aliphatic rings. The van der Waals surface area contributed by atoms with Gasteiger partial charge >= 0.3 is 0 Å². The van der Waals surface area contributed by atoms with Gasteiger partial charge in [0.25, 0.3) is 0 Å². The molecule has 4 heteroatoms. The van der Waals surface area contributed by atoms with E-state index in [4.69, 9.17) is 0 Å². The van der Waals surface area contributed by atoms with Gasteiger partial charge in [-0.2, -0.15) is 0 Å². The Morgan fingerprint density at radius 2 is 0.557 bits per heavy atom. The number of carbonyl (C=O) groups is 1. The summed E-state index contributed by atoms with van der Waals surface area (Å²) in [5.41, 5.74) is 0. The Morgan fingerprint density at radius 1 is 0.329 bits per heavy atom. The maximum Gasteiger partial charge on any atom is 0.220 e. The van der Waals surface area contributed by atoms with Crippen LogP contribution < -0.4 is 5.32 Å². The Balaban J connectivity index is 3.51. The fourth-order valence-corrected chi connectivity index (χ4v) is 9.92. The van der Waals surface area contributed by atoms with E-state index in [1.807, 2.05) is 6.08 Å². The molecule has 412 valence electrons. The van der Waals surface area contributed by atoms with Crippen LogP contribution in [0.2, 0.25) is 0 Å². The minimum Gasteiger partial charge on any atom is -0.394 e. The molecule has 1 amide bonds. The molecule has 2 atom stereocenters. The summed E-state index contributed by atoms with van der Waals surface area (Å²) in [7, 11) is 0. The average Bonchev–Trinajstić information content (AvgIpc) is 3.36. The molecule has 0 aromatic heterocycles. The first-order valence-electron chi connectivity index (χ1n) is 31.9. The molecule has 0 spiro atoms. The van der Waals surface area contributed by atoms with Gasteiger partial charge < -0.3 is 15.5 Å². The molecule has 3 N–H and O–H groups in total. The Kier molecular flexibility index (Phi) is 60.2. The Bertz CT molecular complexity index is 1110. The summed E-state index contributed by atoms with van der Waals surface area (Å²) in [5, 5.41) is 23.2. The van der Waals surface area contributed by atoms with Gasteiger partial charge in [-0.1, -0.05) is 319 Å². The molecule has 0 heterocycles. The van der Waals surface area contributed by atoms with Gasteiger partial charge in [0.15, 0.2) is 0 Å². The summed E-state index contributed by atoms with van der Waals surface area (Å²) < 4.78 is 0. The summed E-state index contributed by atoms with van der Waals surface area (Å²) in [6, 6.07) is -0.647. The zero-order valence-corrected chi connectivity index (χ0v) is 47.6. The van der Waals surface area contributed by atoms with Gasteiger partial charge in [0.05, 0.1) is 18.8 Å². The molecule has 0 aromatic carbocycles. The van der Waals surface area contributed by atoms with E-state index in [9.17, 15) is 15.0 Å². The van der Waals surface area contributed by atoms with Crippen molar-refractivity contribution < 1.29 is 15.0 Å². The van der Waals surface area contributed by atoms with Crippen LogP contribution in [0, 0.1) is 0 Å². The van der Waals surface area contributed by atoms with Crippen LogP contribution in [-0.2, 0) is 4.79 Å². The van der Waals surface area contributed by atoms with Gasteiger partial charge in [-0.05, 0) is 70.6 Å². The minimum atomic E-state index is -0.872. The number of hydrogen-bond donors (Lipinski definition) is 3. The number of unbranched alkanes of at least 4 members (excludes halogenated alkanes) is 46. The van der Waals surface area contributed by atoms with Crippen LogP contribution in [0.1, 0.15) is 348 Å². The van der Waals surface area contributed by atoms with E-state index >= 15 is 0 Å². The molecular weight excluding hydrogens is 855 g/mol. The number of hydrogen-bond acceptors (Lipinski definition) is 3. The fourth-order valence-electron chi connectivity index (χ4n) is 9.92. The normalized spacial score (nSPS) is 13.0. The van der Waals surface area contributed by atoms with Gasteiger partial charge in [-0.25, -0.2) is 0 Å². The SMILES string of the molecule is CCCCCCCCCC/C=C\CCCCCCCCCCCCCCCCCC(=O)NC(CO)C(O)/C=C/CC/C=C/CC/C=C/CCCCCCCCCCCCCCCCCCCCCCC. The monoisotopic (exact) mass is 980 g/mol. The largest absolute Gasteiger partial charge is 0.394 e. The van der Waals surface area contributed by atoms with E-state index in [1.165, 1.54) is 289 Å². The highest BCUT2D eigenvalue weighted by Crippen LogP contribution is 2.18. The first kappa shape index (κ1) is 68.4. The number of aliphatic hydroxyl groups excluding tert-OH is 2. The smallest absolute Gasteiger partial charge is 0.220 e. The maximum absolute atomic E-state index is 12.5. The molecule has 0 aliphatic heterocycles. The summed E-state index contributed by atoms with van der Waals surface area (Å²) in [6.07, 6.45) is 86.0. The molecule has 0 aromatic rings. The lowest BCUT2D eigenvalue weighted by molar-refractivity contribution is -0.123. The first-order chi connectivity index (χ1) is 34.7. The minimum absolute atomic E-state index is 0.0730. The lowest BCUT2D eigenvalue weighted by Crippen LogP contribution is -2.45. The van der Waals surface area contributed by atoms with Crippen molar-refractivity contribution in [1.82, 2.24) is 5.32 Å². The second kappa shape index (κ2) is 61.6. The highest BCUT2D eigenvalue weighted by Gasteiger charge is 2.18. The summed E-state index contributed by atoms with van der Waals surface area (Å²) in [6.45, 7) is 4.33. The van der Waals surface area contributed by atoms with Crippen LogP contribution >= 0.6 is 0 Å². The number of rotatable bonds is 59. The predicted octanol–water partition coefficient (Wildman–Crippen LogP) is 21.4. The third-order valence-electron chi connectivity index (χ3n) is 14.8. The van der Waals surface area contributed by atoms with Crippen LogP contribution in [0.15, 0.2) is 48.6 Å². The van der Waals surface area contributed by atoms with Crippen LogP contribution in [0.3, 0.4) is 0 Å². The Hall–Kier alpha value is -1.65. The second-order valence-corrected chi connectivity index (χ2v) is 21.8. The zero-order valence-electron chi connectivity index (χ0n) is 47.6. The molecule has 0 bridgehead atoms. The number of allylic oxidation sites excluding steroid dienone is 7. The molecule has 0 radical (unpaired) electrons. The van der Waals surface area contributed by atoms with E-state index in [0.717, 1.165) is 38.5 Å². The highest BCUT2D eigenvalue weighted by atomic mass is 16.3. The standard InChI is InChI=1S/C66H125NO3/c1-3-5-7-9-11-13-15-17-19-21-23-25-27-29-31-32-33-34-36-37-39-41-43-45-47-49-51-53-55-57-59-61-65(69)64(63-68)67-66(70)62-60-58-56-54-52-50-48-46-44-42-40-38-35-30-28-26-24-22-20-18-16-14-12-10-8-6-4-2/h22,24,43,45,51,53,59,61,64-65,68-69H,3-21,23,25-42,44,46-50,52,54-58,60,62-63H2,1-2H3,(H,67,70)/b24-22-,45-43+,53-51+,61-59+. The van der Waals surface area contributed by atoms with E-state index in [2.05, 4.69) is 55.6 Å². The van der Waals surface area contributed by atoms with Gasteiger partial charge in [0.2, 0.25) is 5.91 Å². The van der Waals surface area contributed by atoms with Crippen molar-refractivity contribution in [2.45, 2.75) is 360 Å². The van der Waals surface area contributed by atoms with E-state index < -0.39 is 12.1 Å². The summed E-state index contributed by atoms with van der Waals surface area (Å²) in [4.78, 5) is 12.5. The molecule has 70 heavy (non-hydrogen) atoms. The number of carbonyl (C=O) groups excluding carboxylic acids is 1. The third kappa shape index (κ3) is 57.3. The molecule has 0 saturated carbocycles. The Labute approximate surface area is 439 Å². The van der Waals surface area contributed by atoms with Gasteiger partial charge in [-0.3, -0.25) is 4.79 Å². The maximum atomic E-state index is 12.5. The van der Waals surface area contributed by atoms with Crippen LogP contribution in [0.25, 0.3) is 0 Å². The van der Waals surface area contributed by atoms with Crippen molar-refractivity contribution in [2.75, 3.05) is 6.61 Å². The first-order valence-corrected chi connectivity index (χ1v) is 31.9. The van der Waals surface area contributed by atoms with Crippen molar-refractivity contribution in [1.29, 1.82) is 0 Å². The molecule has 0 saturated heterocycles. The average molecular weight is 981 g/mol. The van der Waals surface area contributed by atoms with Crippen LogP contribution in [0.5, 0.6) is 0 Å². The Morgan fingerprint density at radius 3 is 0.829 bits per heavy atom. The van der Waals surface area contributed by atoms with Crippen LogP contribution in [-0.4, -0.2) is 34.9 Å².